The Morgan fingerprint density at radius 2 is 1.15 bits per heavy atom. The van der Waals surface area contributed by atoms with Crippen molar-refractivity contribution in [3.8, 4) is 11.5 Å². The van der Waals surface area contributed by atoms with Crippen molar-refractivity contribution in [2.24, 2.45) is 0 Å². The molecule has 0 spiro atoms. The number of nitrogen functional groups attached to an aromatic ring is 2. The van der Waals surface area contributed by atoms with Crippen molar-refractivity contribution in [2.45, 2.75) is 71.1 Å². The van der Waals surface area contributed by atoms with Crippen LogP contribution in [0.1, 0.15) is 97.4 Å². The monoisotopic (exact) mass is 644 g/mol. The summed E-state index contributed by atoms with van der Waals surface area (Å²) in [5.41, 5.74) is 13.8. The predicted octanol–water partition coefficient (Wildman–Crippen LogP) is 7.31. The number of hydrogen-bond acceptors (Lipinski definition) is 10. The molecular weight excluding hydrogens is 600 g/mol. The summed E-state index contributed by atoms with van der Waals surface area (Å²) in [7, 11) is 0. The molecule has 0 aromatic heterocycles. The molecule has 47 heavy (non-hydrogen) atoms. The number of carbonyl (C=O) groups is 4. The summed E-state index contributed by atoms with van der Waals surface area (Å²) in [6.45, 7) is 2.73. The van der Waals surface area contributed by atoms with Gasteiger partial charge in [0.2, 0.25) is 0 Å². The third-order valence-corrected chi connectivity index (χ3v) is 7.03. The number of rotatable bonds is 19. The SMILES string of the molecule is CCCCCC(=O)Oc1ccc(OC(=O)/C=C/c2ccc(C(=O)OCCCCCCCCOC(=O)c3cc(N)cc(N)c3)cc2)cc1. The highest BCUT2D eigenvalue weighted by Gasteiger charge is 2.10. The number of ether oxygens (including phenoxy) is 4. The molecule has 0 saturated heterocycles. The fourth-order valence-corrected chi connectivity index (χ4v) is 4.52. The quantitative estimate of drug-likeness (QED) is 0.0446. The van der Waals surface area contributed by atoms with Crippen LogP contribution in [0, 0.1) is 0 Å². The maximum Gasteiger partial charge on any atom is 0.338 e. The molecule has 0 aliphatic heterocycles. The average Bonchev–Trinajstić information content (AvgIpc) is 3.05. The second kappa shape index (κ2) is 20.1. The molecule has 4 N–H and O–H groups in total. The summed E-state index contributed by atoms with van der Waals surface area (Å²) >= 11 is 0. The van der Waals surface area contributed by atoms with Crippen LogP contribution in [0.25, 0.3) is 6.08 Å². The Labute approximate surface area is 276 Å². The molecule has 0 atom stereocenters. The van der Waals surface area contributed by atoms with Gasteiger partial charge in [-0.1, -0.05) is 57.6 Å². The Kier molecular flexibility index (Phi) is 15.5. The summed E-state index contributed by atoms with van der Waals surface area (Å²) in [6, 6.07) is 17.7. The van der Waals surface area contributed by atoms with Gasteiger partial charge >= 0.3 is 23.9 Å². The molecule has 3 aromatic carbocycles. The zero-order valence-electron chi connectivity index (χ0n) is 26.9. The summed E-state index contributed by atoms with van der Waals surface area (Å²) in [6.07, 6.45) is 11.4. The molecule has 250 valence electrons. The summed E-state index contributed by atoms with van der Waals surface area (Å²) in [5, 5.41) is 0. The van der Waals surface area contributed by atoms with E-state index < -0.39 is 17.9 Å². The predicted molar refractivity (Wildman–Crippen MR) is 181 cm³/mol. The van der Waals surface area contributed by atoms with Gasteiger partial charge in [0.1, 0.15) is 11.5 Å². The van der Waals surface area contributed by atoms with Gasteiger partial charge in [0.25, 0.3) is 0 Å². The molecule has 3 rings (SSSR count). The van der Waals surface area contributed by atoms with E-state index in [9.17, 15) is 19.2 Å². The smallest absolute Gasteiger partial charge is 0.338 e. The minimum atomic E-state index is -0.568. The van der Waals surface area contributed by atoms with Crippen LogP contribution < -0.4 is 20.9 Å². The second-order valence-electron chi connectivity index (χ2n) is 11.1. The lowest BCUT2D eigenvalue weighted by Crippen LogP contribution is -2.08. The van der Waals surface area contributed by atoms with Crippen molar-refractivity contribution in [3.63, 3.8) is 0 Å². The van der Waals surface area contributed by atoms with E-state index in [2.05, 4.69) is 6.92 Å². The van der Waals surface area contributed by atoms with Crippen molar-refractivity contribution >= 4 is 41.3 Å². The van der Waals surface area contributed by atoms with Gasteiger partial charge in [0, 0.05) is 23.9 Å². The van der Waals surface area contributed by atoms with E-state index in [1.165, 1.54) is 6.08 Å². The lowest BCUT2D eigenvalue weighted by atomic mass is 10.1. The van der Waals surface area contributed by atoms with Crippen LogP contribution in [0.2, 0.25) is 0 Å². The van der Waals surface area contributed by atoms with E-state index in [0.29, 0.717) is 59.2 Å². The molecule has 10 heteroatoms. The number of hydrogen-bond donors (Lipinski definition) is 2. The summed E-state index contributed by atoms with van der Waals surface area (Å²) < 4.78 is 21.2. The first-order valence-corrected chi connectivity index (χ1v) is 16.0. The summed E-state index contributed by atoms with van der Waals surface area (Å²) in [4.78, 5) is 48.5. The van der Waals surface area contributed by atoms with Crippen LogP contribution in [0.3, 0.4) is 0 Å². The highest BCUT2D eigenvalue weighted by molar-refractivity contribution is 5.92. The molecule has 0 unspecified atom stereocenters. The molecule has 0 bridgehead atoms. The molecule has 0 heterocycles. The normalized spacial score (nSPS) is 10.8. The number of esters is 4. The zero-order chi connectivity index (χ0) is 33.9. The number of benzene rings is 3. The van der Waals surface area contributed by atoms with Gasteiger partial charge in [-0.15, -0.1) is 0 Å². The number of unbranched alkanes of at least 4 members (excludes halogenated alkanes) is 7. The molecule has 0 aliphatic carbocycles. The van der Waals surface area contributed by atoms with Crippen molar-refractivity contribution in [3.05, 3.63) is 89.5 Å². The van der Waals surface area contributed by atoms with E-state index >= 15 is 0 Å². The van der Waals surface area contributed by atoms with E-state index in [1.54, 1.807) is 72.8 Å². The molecular formula is C37H44N2O8. The Balaban J connectivity index is 1.25. The van der Waals surface area contributed by atoms with Crippen molar-refractivity contribution in [2.75, 3.05) is 24.7 Å². The van der Waals surface area contributed by atoms with Crippen LogP contribution in [0.5, 0.6) is 11.5 Å². The molecule has 0 aliphatic rings. The number of anilines is 2. The highest BCUT2D eigenvalue weighted by Crippen LogP contribution is 2.19. The van der Waals surface area contributed by atoms with Gasteiger partial charge in [0.15, 0.2) is 0 Å². The van der Waals surface area contributed by atoms with Gasteiger partial charge in [-0.3, -0.25) is 4.79 Å². The van der Waals surface area contributed by atoms with Crippen LogP contribution in [-0.4, -0.2) is 37.1 Å². The fraction of sp³-hybridized carbons (Fsp3) is 0.351. The van der Waals surface area contributed by atoms with Crippen LogP contribution in [0.4, 0.5) is 11.4 Å². The minimum Gasteiger partial charge on any atom is -0.462 e. The first-order chi connectivity index (χ1) is 22.7. The third-order valence-electron chi connectivity index (χ3n) is 7.03. The standard InChI is InChI=1S/C37H44N2O8/c1-2-3-8-11-34(40)46-32-17-19-33(20-18-32)47-35(41)21-14-27-12-15-28(16-13-27)36(42)44-22-9-6-4-5-7-10-23-45-37(43)29-24-30(38)26-31(39)25-29/h12-21,24-26H,2-11,22-23,38-39H2,1H3/b21-14+. The largest absolute Gasteiger partial charge is 0.462 e. The van der Waals surface area contributed by atoms with E-state index in [-0.39, 0.29) is 5.97 Å². The van der Waals surface area contributed by atoms with Gasteiger partial charge in [-0.2, -0.15) is 0 Å². The van der Waals surface area contributed by atoms with Gasteiger partial charge in [0.05, 0.1) is 24.3 Å². The molecule has 0 radical (unpaired) electrons. The van der Waals surface area contributed by atoms with Crippen LogP contribution >= 0.6 is 0 Å². The average molecular weight is 645 g/mol. The van der Waals surface area contributed by atoms with Gasteiger partial charge in [-0.25, -0.2) is 14.4 Å². The van der Waals surface area contributed by atoms with Gasteiger partial charge < -0.3 is 30.4 Å². The Morgan fingerprint density at radius 3 is 1.72 bits per heavy atom. The lowest BCUT2D eigenvalue weighted by Gasteiger charge is -2.07. The minimum absolute atomic E-state index is 0.286. The Hall–Kier alpha value is -5.12. The number of nitrogens with two attached hydrogens (primary N) is 2. The van der Waals surface area contributed by atoms with Gasteiger partial charge in [-0.05, 0) is 85.5 Å². The Morgan fingerprint density at radius 1 is 0.617 bits per heavy atom. The van der Waals surface area contributed by atoms with E-state index in [0.717, 1.165) is 57.8 Å². The van der Waals surface area contributed by atoms with Crippen molar-refractivity contribution in [1.82, 2.24) is 0 Å². The van der Waals surface area contributed by atoms with Crippen molar-refractivity contribution in [1.29, 1.82) is 0 Å². The third kappa shape index (κ3) is 14.2. The maximum absolute atomic E-state index is 12.4. The maximum atomic E-state index is 12.4. The van der Waals surface area contributed by atoms with E-state index in [4.69, 9.17) is 30.4 Å². The van der Waals surface area contributed by atoms with Crippen LogP contribution in [0.15, 0.2) is 72.8 Å². The molecule has 10 nitrogen and oxygen atoms in total. The molecule has 0 fully saturated rings. The topological polar surface area (TPSA) is 157 Å². The second-order valence-corrected chi connectivity index (χ2v) is 11.1. The number of carbonyl (C=O) groups excluding carboxylic acids is 4. The van der Waals surface area contributed by atoms with Crippen LogP contribution in [-0.2, 0) is 19.1 Å². The fourth-order valence-electron chi connectivity index (χ4n) is 4.52. The first kappa shape index (κ1) is 36.3. The molecule has 3 aromatic rings. The summed E-state index contributed by atoms with van der Waals surface area (Å²) in [5.74, 6) is -0.974. The highest BCUT2D eigenvalue weighted by atomic mass is 16.5. The Bertz CT molecular complexity index is 1460. The zero-order valence-corrected chi connectivity index (χ0v) is 26.9. The molecule has 0 saturated carbocycles. The molecule has 0 amide bonds. The van der Waals surface area contributed by atoms with E-state index in [1.807, 2.05) is 0 Å². The lowest BCUT2D eigenvalue weighted by molar-refractivity contribution is -0.134. The van der Waals surface area contributed by atoms with Crippen molar-refractivity contribution < 1.29 is 38.1 Å². The first-order valence-electron chi connectivity index (χ1n) is 16.0.